The molecule has 2 N–H and O–H groups in total. The smallest absolute Gasteiger partial charge is 0.125 e. The highest BCUT2D eigenvalue weighted by Gasteiger charge is 2.18. The molecule has 4 nitrogen and oxygen atoms in total. The minimum atomic E-state index is 0.567. The van der Waals surface area contributed by atoms with Gasteiger partial charge in [-0.2, -0.15) is 5.10 Å². The summed E-state index contributed by atoms with van der Waals surface area (Å²) in [4.78, 5) is 4.06. The van der Waals surface area contributed by atoms with Gasteiger partial charge in [0.15, 0.2) is 0 Å². The van der Waals surface area contributed by atoms with Crippen LogP contribution in [0.3, 0.4) is 0 Å². The lowest BCUT2D eigenvalue weighted by Crippen LogP contribution is -2.18. The van der Waals surface area contributed by atoms with Crippen molar-refractivity contribution < 1.29 is 0 Å². The van der Waals surface area contributed by atoms with Crippen molar-refractivity contribution in [1.29, 1.82) is 0 Å². The number of fused-ring (bicyclic) bond motifs is 1. The van der Waals surface area contributed by atoms with Crippen LogP contribution in [0.1, 0.15) is 19.3 Å². The molecule has 2 aromatic rings. The van der Waals surface area contributed by atoms with Crippen LogP contribution in [0.4, 0.5) is 5.82 Å². The Morgan fingerprint density at radius 3 is 3.00 bits per heavy atom. The van der Waals surface area contributed by atoms with Crippen LogP contribution in [0.15, 0.2) is 18.5 Å². The van der Waals surface area contributed by atoms with E-state index in [0.717, 1.165) is 23.4 Å². The Kier molecular flexibility index (Phi) is 1.87. The fourth-order valence-electron chi connectivity index (χ4n) is 2.05. The number of pyridine rings is 1. The summed E-state index contributed by atoms with van der Waals surface area (Å²) in [5.41, 5.74) is 6.78. The fraction of sp³-hybridized carbons (Fsp3) is 0.455. The molecule has 0 spiro atoms. The van der Waals surface area contributed by atoms with Crippen LogP contribution in [0.2, 0.25) is 0 Å². The normalized spacial score (nSPS) is 16.8. The maximum Gasteiger partial charge on any atom is 0.125 e. The van der Waals surface area contributed by atoms with Crippen molar-refractivity contribution >= 4 is 16.7 Å². The van der Waals surface area contributed by atoms with E-state index in [1.54, 1.807) is 6.20 Å². The molecule has 1 saturated carbocycles. The Hall–Kier alpha value is -1.58. The van der Waals surface area contributed by atoms with Gasteiger partial charge in [-0.05, 0) is 18.8 Å². The first-order valence-corrected chi connectivity index (χ1v) is 5.40. The standard InChI is InChI=1S/C11H14N4/c12-11-4-10-9(5-13-11)6-14-15(10)7-8-2-1-3-8/h4-6,8H,1-3,7H2,(H2,12,13). The molecule has 0 aromatic carbocycles. The van der Waals surface area contributed by atoms with Gasteiger partial charge in [0.25, 0.3) is 0 Å². The number of rotatable bonds is 2. The lowest BCUT2D eigenvalue weighted by Gasteiger charge is -2.25. The molecule has 1 aliphatic rings. The lowest BCUT2D eigenvalue weighted by molar-refractivity contribution is 0.270. The summed E-state index contributed by atoms with van der Waals surface area (Å²) in [5.74, 6) is 1.38. The first kappa shape index (κ1) is 8.71. The molecule has 0 bridgehead atoms. The van der Waals surface area contributed by atoms with Gasteiger partial charge in [0.05, 0.1) is 11.7 Å². The van der Waals surface area contributed by atoms with Crippen LogP contribution in [0.5, 0.6) is 0 Å². The molecule has 4 heteroatoms. The highest BCUT2D eigenvalue weighted by Crippen LogP contribution is 2.28. The van der Waals surface area contributed by atoms with Crippen LogP contribution in [-0.4, -0.2) is 14.8 Å². The van der Waals surface area contributed by atoms with Crippen LogP contribution in [-0.2, 0) is 6.54 Å². The van der Waals surface area contributed by atoms with E-state index in [4.69, 9.17) is 5.73 Å². The zero-order valence-electron chi connectivity index (χ0n) is 8.56. The van der Waals surface area contributed by atoms with E-state index in [9.17, 15) is 0 Å². The molecule has 0 amide bonds. The quantitative estimate of drug-likeness (QED) is 0.808. The summed E-state index contributed by atoms with van der Waals surface area (Å²) in [5, 5.41) is 5.45. The topological polar surface area (TPSA) is 56.7 Å². The van der Waals surface area contributed by atoms with Gasteiger partial charge in [0, 0.05) is 24.2 Å². The van der Waals surface area contributed by atoms with Gasteiger partial charge in [-0.15, -0.1) is 0 Å². The average molecular weight is 202 g/mol. The Morgan fingerprint density at radius 1 is 1.40 bits per heavy atom. The molecule has 2 aromatic heterocycles. The average Bonchev–Trinajstić information content (AvgIpc) is 2.54. The Bertz CT molecular complexity index is 484. The van der Waals surface area contributed by atoms with E-state index in [-0.39, 0.29) is 0 Å². The van der Waals surface area contributed by atoms with Crippen LogP contribution >= 0.6 is 0 Å². The minimum Gasteiger partial charge on any atom is -0.384 e. The maximum absolute atomic E-state index is 5.68. The molecule has 2 heterocycles. The summed E-state index contributed by atoms with van der Waals surface area (Å²) < 4.78 is 2.05. The number of aromatic nitrogens is 3. The zero-order valence-corrected chi connectivity index (χ0v) is 8.56. The van der Waals surface area contributed by atoms with Gasteiger partial charge in [-0.1, -0.05) is 6.42 Å². The second-order valence-electron chi connectivity index (χ2n) is 4.29. The summed E-state index contributed by atoms with van der Waals surface area (Å²) in [7, 11) is 0. The molecule has 0 aliphatic heterocycles. The van der Waals surface area contributed by atoms with Crippen LogP contribution in [0, 0.1) is 5.92 Å². The predicted molar refractivity (Wildman–Crippen MR) is 59.3 cm³/mol. The molecular weight excluding hydrogens is 188 g/mol. The summed E-state index contributed by atoms with van der Waals surface area (Å²) in [6.45, 7) is 1.02. The van der Waals surface area contributed by atoms with E-state index in [1.165, 1.54) is 19.3 Å². The van der Waals surface area contributed by atoms with Gasteiger partial charge < -0.3 is 5.73 Å². The molecule has 15 heavy (non-hydrogen) atoms. The Balaban J connectivity index is 1.98. The summed E-state index contributed by atoms with van der Waals surface area (Å²) in [6, 6.07) is 1.90. The number of hydrogen-bond acceptors (Lipinski definition) is 3. The van der Waals surface area contributed by atoms with E-state index >= 15 is 0 Å². The van der Waals surface area contributed by atoms with E-state index < -0.39 is 0 Å². The van der Waals surface area contributed by atoms with E-state index in [2.05, 4.69) is 14.8 Å². The van der Waals surface area contributed by atoms with Crippen molar-refractivity contribution in [2.24, 2.45) is 5.92 Å². The van der Waals surface area contributed by atoms with Crippen molar-refractivity contribution in [3.05, 3.63) is 18.5 Å². The van der Waals surface area contributed by atoms with Crippen molar-refractivity contribution in [3.8, 4) is 0 Å². The van der Waals surface area contributed by atoms with E-state index in [0.29, 0.717) is 5.82 Å². The highest BCUT2D eigenvalue weighted by atomic mass is 15.3. The van der Waals surface area contributed by atoms with Crippen molar-refractivity contribution in [3.63, 3.8) is 0 Å². The third-order valence-corrected chi connectivity index (χ3v) is 3.20. The first-order valence-electron chi connectivity index (χ1n) is 5.40. The van der Waals surface area contributed by atoms with Gasteiger partial charge >= 0.3 is 0 Å². The van der Waals surface area contributed by atoms with E-state index in [1.807, 2.05) is 12.3 Å². The lowest BCUT2D eigenvalue weighted by atomic mass is 9.85. The van der Waals surface area contributed by atoms with Crippen molar-refractivity contribution in [2.45, 2.75) is 25.8 Å². The molecule has 3 rings (SSSR count). The maximum atomic E-state index is 5.68. The van der Waals surface area contributed by atoms with Crippen LogP contribution in [0.25, 0.3) is 10.9 Å². The van der Waals surface area contributed by atoms with Crippen molar-refractivity contribution in [2.75, 3.05) is 5.73 Å². The van der Waals surface area contributed by atoms with Crippen LogP contribution < -0.4 is 5.73 Å². The first-order chi connectivity index (χ1) is 7.33. The molecule has 0 radical (unpaired) electrons. The number of nitrogen functional groups attached to an aromatic ring is 1. The Morgan fingerprint density at radius 2 is 2.27 bits per heavy atom. The molecule has 0 atom stereocenters. The summed E-state index contributed by atoms with van der Waals surface area (Å²) in [6.07, 6.45) is 7.69. The number of anilines is 1. The number of nitrogens with two attached hydrogens (primary N) is 1. The molecule has 0 saturated heterocycles. The molecule has 1 aliphatic carbocycles. The van der Waals surface area contributed by atoms with Gasteiger partial charge in [0.2, 0.25) is 0 Å². The zero-order chi connectivity index (χ0) is 10.3. The third kappa shape index (κ3) is 1.46. The molecular formula is C11H14N4. The van der Waals surface area contributed by atoms with Gasteiger partial charge in [-0.25, -0.2) is 4.98 Å². The fourth-order valence-corrected chi connectivity index (χ4v) is 2.05. The molecule has 1 fully saturated rings. The number of nitrogens with zero attached hydrogens (tertiary/aromatic N) is 3. The Labute approximate surface area is 88.1 Å². The van der Waals surface area contributed by atoms with Gasteiger partial charge in [0.1, 0.15) is 5.82 Å². The SMILES string of the molecule is Nc1cc2c(cn1)cnn2CC1CCC1. The van der Waals surface area contributed by atoms with Crippen molar-refractivity contribution in [1.82, 2.24) is 14.8 Å². The second kappa shape index (κ2) is 3.22. The molecule has 78 valence electrons. The number of hydrogen-bond donors (Lipinski definition) is 1. The monoisotopic (exact) mass is 202 g/mol. The third-order valence-electron chi connectivity index (χ3n) is 3.20. The molecule has 0 unspecified atom stereocenters. The highest BCUT2D eigenvalue weighted by molar-refractivity contribution is 5.79. The second-order valence-corrected chi connectivity index (χ2v) is 4.29. The van der Waals surface area contributed by atoms with Gasteiger partial charge in [-0.3, -0.25) is 4.68 Å². The largest absolute Gasteiger partial charge is 0.384 e. The summed E-state index contributed by atoms with van der Waals surface area (Å²) >= 11 is 0. The minimum absolute atomic E-state index is 0.567. The predicted octanol–water partition coefficient (Wildman–Crippen LogP) is 1.81.